The van der Waals surface area contributed by atoms with Gasteiger partial charge in [0.15, 0.2) is 0 Å². The number of nitrogens with two attached hydrogens (primary N) is 1. The van der Waals surface area contributed by atoms with E-state index in [0.717, 1.165) is 12.8 Å². The van der Waals surface area contributed by atoms with Gasteiger partial charge in [0.05, 0.1) is 17.9 Å². The van der Waals surface area contributed by atoms with E-state index in [9.17, 15) is 9.90 Å². The lowest BCUT2D eigenvalue weighted by Crippen LogP contribution is -2.12. The van der Waals surface area contributed by atoms with Crippen molar-refractivity contribution < 1.29 is 14.6 Å². The number of aromatic hydroxyl groups is 1. The Hall–Kier alpha value is -1.71. The van der Waals surface area contributed by atoms with Gasteiger partial charge in [0.2, 0.25) is 0 Å². The first-order valence-corrected chi connectivity index (χ1v) is 5.92. The SMILES string of the molecule is Nc1cc(C(=O)OCC2CCCC2)ccc1O. The number of carbonyl (C=O) groups is 1. The lowest BCUT2D eigenvalue weighted by molar-refractivity contribution is 0.0442. The molecule has 0 saturated heterocycles. The highest BCUT2D eigenvalue weighted by molar-refractivity contribution is 5.90. The Balaban J connectivity index is 1.92. The molecule has 0 bridgehead atoms. The van der Waals surface area contributed by atoms with Crippen LogP contribution in [0.15, 0.2) is 18.2 Å². The second-order valence-corrected chi connectivity index (χ2v) is 4.52. The number of esters is 1. The highest BCUT2D eigenvalue weighted by Gasteiger charge is 2.17. The van der Waals surface area contributed by atoms with Crippen molar-refractivity contribution in [3.05, 3.63) is 23.8 Å². The number of hydrogen-bond donors (Lipinski definition) is 2. The molecule has 1 aliphatic rings. The van der Waals surface area contributed by atoms with Crippen LogP contribution in [0, 0.1) is 5.92 Å². The van der Waals surface area contributed by atoms with Crippen molar-refractivity contribution in [3.63, 3.8) is 0 Å². The number of benzene rings is 1. The van der Waals surface area contributed by atoms with E-state index >= 15 is 0 Å². The van der Waals surface area contributed by atoms with Crippen LogP contribution in [0.1, 0.15) is 36.0 Å². The molecule has 1 aromatic rings. The quantitative estimate of drug-likeness (QED) is 0.479. The van der Waals surface area contributed by atoms with Gasteiger partial charge in [-0.1, -0.05) is 12.8 Å². The molecule has 17 heavy (non-hydrogen) atoms. The standard InChI is InChI=1S/C13H17NO3/c14-11-7-10(5-6-12(11)15)13(16)17-8-9-3-1-2-4-9/h5-7,9,15H,1-4,8,14H2. The summed E-state index contributed by atoms with van der Waals surface area (Å²) >= 11 is 0. The van der Waals surface area contributed by atoms with Gasteiger partial charge in [-0.25, -0.2) is 4.79 Å². The molecular formula is C13H17NO3. The summed E-state index contributed by atoms with van der Waals surface area (Å²) in [5.74, 6) is 0.120. The summed E-state index contributed by atoms with van der Waals surface area (Å²) in [6, 6.07) is 4.36. The van der Waals surface area contributed by atoms with E-state index in [0.29, 0.717) is 18.1 Å². The molecule has 0 aliphatic heterocycles. The van der Waals surface area contributed by atoms with Crippen molar-refractivity contribution >= 4 is 11.7 Å². The lowest BCUT2D eigenvalue weighted by atomic mass is 10.1. The van der Waals surface area contributed by atoms with Crippen LogP contribution in [-0.2, 0) is 4.74 Å². The lowest BCUT2D eigenvalue weighted by Gasteiger charge is -2.10. The van der Waals surface area contributed by atoms with Gasteiger partial charge >= 0.3 is 5.97 Å². The summed E-state index contributed by atoms with van der Waals surface area (Å²) in [6.07, 6.45) is 4.75. The summed E-state index contributed by atoms with van der Waals surface area (Å²) in [5, 5.41) is 9.25. The Morgan fingerprint density at radius 2 is 2.12 bits per heavy atom. The van der Waals surface area contributed by atoms with Crippen molar-refractivity contribution in [1.29, 1.82) is 0 Å². The first-order chi connectivity index (χ1) is 8.16. The highest BCUT2D eigenvalue weighted by Crippen LogP contribution is 2.25. The number of nitrogen functional groups attached to an aromatic ring is 1. The van der Waals surface area contributed by atoms with Gasteiger partial charge in [-0.3, -0.25) is 0 Å². The molecule has 1 aromatic carbocycles. The largest absolute Gasteiger partial charge is 0.506 e. The normalized spacial score (nSPS) is 16.0. The Kier molecular flexibility index (Phi) is 3.52. The molecular weight excluding hydrogens is 218 g/mol. The molecule has 0 spiro atoms. The molecule has 0 radical (unpaired) electrons. The van der Waals surface area contributed by atoms with Crippen LogP contribution in [0.3, 0.4) is 0 Å². The van der Waals surface area contributed by atoms with E-state index in [1.807, 2.05) is 0 Å². The molecule has 4 heteroatoms. The molecule has 0 aromatic heterocycles. The van der Waals surface area contributed by atoms with Gasteiger partial charge in [-0.2, -0.15) is 0 Å². The second-order valence-electron chi connectivity index (χ2n) is 4.52. The van der Waals surface area contributed by atoms with Crippen LogP contribution in [0.5, 0.6) is 5.75 Å². The number of ether oxygens (including phenoxy) is 1. The first kappa shape index (κ1) is 11.8. The summed E-state index contributed by atoms with van der Waals surface area (Å²) in [7, 11) is 0. The fourth-order valence-corrected chi connectivity index (χ4v) is 2.14. The molecule has 0 unspecified atom stereocenters. The average Bonchev–Trinajstić information content (AvgIpc) is 2.82. The van der Waals surface area contributed by atoms with E-state index in [-0.39, 0.29) is 17.4 Å². The zero-order chi connectivity index (χ0) is 12.3. The van der Waals surface area contributed by atoms with E-state index in [2.05, 4.69) is 0 Å². The van der Waals surface area contributed by atoms with Gasteiger partial charge in [0.1, 0.15) is 5.75 Å². The Morgan fingerprint density at radius 3 is 2.76 bits per heavy atom. The summed E-state index contributed by atoms with van der Waals surface area (Å²) in [5.41, 5.74) is 6.10. The van der Waals surface area contributed by atoms with E-state index in [1.54, 1.807) is 0 Å². The average molecular weight is 235 g/mol. The van der Waals surface area contributed by atoms with Crippen LogP contribution in [-0.4, -0.2) is 17.7 Å². The molecule has 0 amide bonds. The van der Waals surface area contributed by atoms with E-state index in [1.165, 1.54) is 31.0 Å². The third-order valence-electron chi connectivity index (χ3n) is 3.19. The van der Waals surface area contributed by atoms with Gasteiger partial charge in [-0.05, 0) is 37.0 Å². The maximum atomic E-state index is 11.7. The second kappa shape index (κ2) is 5.08. The molecule has 92 valence electrons. The first-order valence-electron chi connectivity index (χ1n) is 5.92. The number of rotatable bonds is 3. The summed E-state index contributed by atoms with van der Waals surface area (Å²) < 4.78 is 5.23. The number of hydrogen-bond acceptors (Lipinski definition) is 4. The van der Waals surface area contributed by atoms with Crippen LogP contribution in [0.2, 0.25) is 0 Å². The maximum Gasteiger partial charge on any atom is 0.338 e. The van der Waals surface area contributed by atoms with Crippen molar-refractivity contribution in [1.82, 2.24) is 0 Å². The Labute approximate surface area is 100 Å². The predicted octanol–water partition coefficient (Wildman–Crippen LogP) is 2.32. The highest BCUT2D eigenvalue weighted by atomic mass is 16.5. The van der Waals surface area contributed by atoms with E-state index < -0.39 is 0 Å². The van der Waals surface area contributed by atoms with Crippen molar-refractivity contribution in [2.24, 2.45) is 5.92 Å². The minimum atomic E-state index is -0.372. The minimum Gasteiger partial charge on any atom is -0.506 e. The monoisotopic (exact) mass is 235 g/mol. The van der Waals surface area contributed by atoms with Gasteiger partial charge in [0, 0.05) is 0 Å². The molecule has 2 rings (SSSR count). The third kappa shape index (κ3) is 2.90. The summed E-state index contributed by atoms with van der Waals surface area (Å²) in [6.45, 7) is 0.486. The zero-order valence-corrected chi connectivity index (χ0v) is 9.69. The molecule has 4 nitrogen and oxygen atoms in total. The third-order valence-corrected chi connectivity index (χ3v) is 3.19. The van der Waals surface area contributed by atoms with Crippen LogP contribution >= 0.6 is 0 Å². The topological polar surface area (TPSA) is 72.6 Å². The van der Waals surface area contributed by atoms with Crippen LogP contribution in [0.25, 0.3) is 0 Å². The molecule has 1 saturated carbocycles. The minimum absolute atomic E-state index is 0.0163. The van der Waals surface area contributed by atoms with Crippen LogP contribution in [0.4, 0.5) is 5.69 Å². The number of phenols is 1. The smallest absolute Gasteiger partial charge is 0.338 e. The van der Waals surface area contributed by atoms with Crippen LogP contribution < -0.4 is 5.73 Å². The van der Waals surface area contributed by atoms with Gasteiger partial charge < -0.3 is 15.6 Å². The zero-order valence-electron chi connectivity index (χ0n) is 9.69. The fourth-order valence-electron chi connectivity index (χ4n) is 2.14. The number of phenolic OH excluding ortho intramolecular Hbond substituents is 1. The molecule has 0 atom stereocenters. The van der Waals surface area contributed by atoms with E-state index in [4.69, 9.17) is 10.5 Å². The maximum absolute atomic E-state index is 11.7. The number of anilines is 1. The van der Waals surface area contributed by atoms with Gasteiger partial charge in [0.25, 0.3) is 0 Å². The fraction of sp³-hybridized carbons (Fsp3) is 0.462. The van der Waals surface area contributed by atoms with Crippen molar-refractivity contribution in [2.75, 3.05) is 12.3 Å². The predicted molar refractivity (Wildman–Crippen MR) is 64.8 cm³/mol. The number of carbonyl (C=O) groups excluding carboxylic acids is 1. The Bertz CT molecular complexity index is 411. The summed E-state index contributed by atoms with van der Waals surface area (Å²) in [4.78, 5) is 11.7. The molecule has 1 aliphatic carbocycles. The van der Waals surface area contributed by atoms with Crippen molar-refractivity contribution in [3.8, 4) is 5.75 Å². The molecule has 1 fully saturated rings. The molecule has 3 N–H and O–H groups in total. The van der Waals surface area contributed by atoms with Crippen molar-refractivity contribution in [2.45, 2.75) is 25.7 Å². The van der Waals surface area contributed by atoms with Gasteiger partial charge in [-0.15, -0.1) is 0 Å². The molecule has 0 heterocycles. The Morgan fingerprint density at radius 1 is 1.41 bits per heavy atom.